The Balaban J connectivity index is 2.08. The Morgan fingerprint density at radius 1 is 1.16 bits per heavy atom. The van der Waals surface area contributed by atoms with Crippen molar-refractivity contribution in [3.8, 4) is 11.6 Å². The quantitative estimate of drug-likeness (QED) is 0.858. The minimum absolute atomic E-state index is 0.0153. The summed E-state index contributed by atoms with van der Waals surface area (Å²) in [5.74, 6) is 0.0836. The van der Waals surface area contributed by atoms with Crippen molar-refractivity contribution in [2.75, 3.05) is 0 Å². The molecule has 0 aliphatic rings. The molecule has 0 atom stereocenters. The number of carbonyl (C=O) groups is 1. The zero-order valence-corrected chi connectivity index (χ0v) is 10.1. The van der Waals surface area contributed by atoms with E-state index >= 15 is 0 Å². The van der Waals surface area contributed by atoms with Gasteiger partial charge in [-0.3, -0.25) is 4.79 Å². The van der Waals surface area contributed by atoms with Crippen molar-refractivity contribution < 1.29 is 19.7 Å². The molecular formula is C14H13NO4. The van der Waals surface area contributed by atoms with Crippen LogP contribution in [0.15, 0.2) is 42.5 Å². The molecule has 0 aliphatic heterocycles. The number of ether oxygens (including phenoxy) is 1. The highest BCUT2D eigenvalue weighted by molar-refractivity contribution is 5.70. The second kappa shape index (κ2) is 5.97. The van der Waals surface area contributed by atoms with Gasteiger partial charge in [0.2, 0.25) is 5.88 Å². The Bertz CT molecular complexity index is 566. The van der Waals surface area contributed by atoms with Crippen molar-refractivity contribution in [1.29, 1.82) is 0 Å². The Labute approximate surface area is 110 Å². The molecule has 2 rings (SSSR count). The molecule has 0 saturated heterocycles. The number of carboxylic acids is 1. The first-order chi connectivity index (χ1) is 9.17. The number of benzene rings is 1. The van der Waals surface area contributed by atoms with Crippen molar-refractivity contribution >= 4 is 5.97 Å². The lowest BCUT2D eigenvalue weighted by Crippen LogP contribution is -1.99. The van der Waals surface area contributed by atoms with Gasteiger partial charge in [0, 0.05) is 6.07 Å². The Morgan fingerprint density at radius 2 is 1.89 bits per heavy atom. The van der Waals surface area contributed by atoms with Gasteiger partial charge < -0.3 is 14.9 Å². The van der Waals surface area contributed by atoms with Gasteiger partial charge in [-0.15, -0.1) is 0 Å². The van der Waals surface area contributed by atoms with Crippen LogP contribution >= 0.6 is 0 Å². The molecular weight excluding hydrogens is 246 g/mol. The van der Waals surface area contributed by atoms with E-state index in [1.807, 2.05) is 0 Å². The Hall–Kier alpha value is -2.40. The first-order valence-corrected chi connectivity index (χ1v) is 5.73. The van der Waals surface area contributed by atoms with Crippen LogP contribution in [-0.4, -0.2) is 21.2 Å². The van der Waals surface area contributed by atoms with Gasteiger partial charge in [0.15, 0.2) is 0 Å². The molecule has 0 saturated carbocycles. The number of hydrogen-bond acceptors (Lipinski definition) is 4. The summed E-state index contributed by atoms with van der Waals surface area (Å²) in [4.78, 5) is 14.6. The number of carboxylic acid groups (broad SMARTS) is 1. The molecule has 19 heavy (non-hydrogen) atoms. The number of aliphatic hydroxyl groups is 1. The molecule has 0 bridgehead atoms. The zero-order chi connectivity index (χ0) is 13.7. The third-order valence-electron chi connectivity index (χ3n) is 2.44. The van der Waals surface area contributed by atoms with Crippen molar-refractivity contribution in [1.82, 2.24) is 4.98 Å². The predicted molar refractivity (Wildman–Crippen MR) is 68.0 cm³/mol. The summed E-state index contributed by atoms with van der Waals surface area (Å²) in [5.41, 5.74) is 1.23. The van der Waals surface area contributed by atoms with Gasteiger partial charge in [0.25, 0.3) is 0 Å². The third kappa shape index (κ3) is 3.79. The van der Waals surface area contributed by atoms with Crippen LogP contribution in [0.5, 0.6) is 11.6 Å². The van der Waals surface area contributed by atoms with E-state index in [4.69, 9.17) is 14.9 Å². The van der Waals surface area contributed by atoms with Crippen molar-refractivity contribution in [3.05, 3.63) is 53.7 Å². The summed E-state index contributed by atoms with van der Waals surface area (Å²) in [5, 5.41) is 17.6. The van der Waals surface area contributed by atoms with E-state index in [9.17, 15) is 4.79 Å². The first kappa shape index (κ1) is 13.0. The van der Waals surface area contributed by atoms with Crippen molar-refractivity contribution in [2.45, 2.75) is 13.0 Å². The lowest BCUT2D eigenvalue weighted by atomic mass is 10.1. The van der Waals surface area contributed by atoms with Crippen LogP contribution < -0.4 is 4.74 Å². The second-order valence-corrected chi connectivity index (χ2v) is 3.94. The molecule has 0 amide bonds. The van der Waals surface area contributed by atoms with Crippen LogP contribution in [0.1, 0.15) is 11.3 Å². The molecule has 1 heterocycles. The highest BCUT2D eigenvalue weighted by Crippen LogP contribution is 2.20. The summed E-state index contributed by atoms with van der Waals surface area (Å²) in [6.45, 7) is -0.144. The van der Waals surface area contributed by atoms with E-state index < -0.39 is 5.97 Å². The van der Waals surface area contributed by atoms with E-state index in [0.717, 1.165) is 0 Å². The van der Waals surface area contributed by atoms with Gasteiger partial charge in [-0.2, -0.15) is 0 Å². The van der Waals surface area contributed by atoms with Crippen LogP contribution in [0.2, 0.25) is 0 Å². The Kier molecular flexibility index (Phi) is 4.10. The van der Waals surface area contributed by atoms with E-state index in [2.05, 4.69) is 4.98 Å². The summed E-state index contributed by atoms with van der Waals surface area (Å²) in [6.07, 6.45) is -0.0153. The number of aliphatic hydroxyl groups excluding tert-OH is 1. The van der Waals surface area contributed by atoms with Gasteiger partial charge >= 0.3 is 5.97 Å². The van der Waals surface area contributed by atoms with E-state index in [0.29, 0.717) is 22.9 Å². The van der Waals surface area contributed by atoms with E-state index in [1.165, 1.54) is 0 Å². The van der Waals surface area contributed by atoms with Gasteiger partial charge in [-0.25, -0.2) is 4.98 Å². The van der Waals surface area contributed by atoms with Gasteiger partial charge in [0.05, 0.1) is 18.7 Å². The number of nitrogens with zero attached hydrogens (tertiary/aromatic N) is 1. The summed E-state index contributed by atoms with van der Waals surface area (Å²) in [6, 6.07) is 11.9. The molecule has 0 spiro atoms. The summed E-state index contributed by atoms with van der Waals surface area (Å²) in [7, 11) is 0. The molecule has 5 heteroatoms. The summed E-state index contributed by atoms with van der Waals surface area (Å²) < 4.78 is 5.51. The lowest BCUT2D eigenvalue weighted by molar-refractivity contribution is -0.136. The van der Waals surface area contributed by atoms with Crippen LogP contribution in [0, 0.1) is 0 Å². The van der Waals surface area contributed by atoms with Crippen LogP contribution in [-0.2, 0) is 17.8 Å². The molecule has 2 aromatic rings. The SMILES string of the molecule is O=C(O)Cc1ccc(Oc2cccc(CO)n2)cc1. The van der Waals surface area contributed by atoms with Crippen LogP contribution in [0.25, 0.3) is 0 Å². The molecule has 1 aromatic carbocycles. The molecule has 98 valence electrons. The maximum absolute atomic E-state index is 10.6. The fourth-order valence-corrected chi connectivity index (χ4v) is 1.57. The van der Waals surface area contributed by atoms with E-state index in [-0.39, 0.29) is 13.0 Å². The second-order valence-electron chi connectivity index (χ2n) is 3.94. The van der Waals surface area contributed by atoms with Crippen LogP contribution in [0.3, 0.4) is 0 Å². The Morgan fingerprint density at radius 3 is 2.53 bits per heavy atom. The summed E-state index contributed by atoms with van der Waals surface area (Å²) >= 11 is 0. The smallest absolute Gasteiger partial charge is 0.307 e. The van der Waals surface area contributed by atoms with Crippen LogP contribution in [0.4, 0.5) is 0 Å². The fourth-order valence-electron chi connectivity index (χ4n) is 1.57. The normalized spacial score (nSPS) is 10.2. The molecule has 0 fully saturated rings. The molecule has 0 aliphatic carbocycles. The monoisotopic (exact) mass is 259 g/mol. The number of pyridine rings is 1. The minimum atomic E-state index is -0.869. The number of aromatic nitrogens is 1. The zero-order valence-electron chi connectivity index (χ0n) is 10.1. The fraction of sp³-hybridized carbons (Fsp3) is 0.143. The highest BCUT2D eigenvalue weighted by atomic mass is 16.5. The third-order valence-corrected chi connectivity index (χ3v) is 2.44. The van der Waals surface area contributed by atoms with Crippen molar-refractivity contribution in [3.63, 3.8) is 0 Å². The topological polar surface area (TPSA) is 79.7 Å². The largest absolute Gasteiger partial charge is 0.481 e. The predicted octanol–water partition coefficient (Wildman–Crippen LogP) is 1.99. The lowest BCUT2D eigenvalue weighted by Gasteiger charge is -2.06. The van der Waals surface area contributed by atoms with Gasteiger partial charge in [0.1, 0.15) is 5.75 Å². The molecule has 1 aromatic heterocycles. The average Bonchev–Trinajstić information content (AvgIpc) is 2.41. The number of rotatable bonds is 5. The maximum atomic E-state index is 10.6. The number of aliphatic carboxylic acids is 1. The molecule has 2 N–H and O–H groups in total. The number of hydrogen-bond donors (Lipinski definition) is 2. The highest BCUT2D eigenvalue weighted by Gasteiger charge is 2.03. The standard InChI is InChI=1S/C14H13NO4/c16-9-11-2-1-3-13(15-11)19-12-6-4-10(5-7-12)8-14(17)18/h1-7,16H,8-9H2,(H,17,18). The first-order valence-electron chi connectivity index (χ1n) is 5.73. The average molecular weight is 259 g/mol. The minimum Gasteiger partial charge on any atom is -0.481 e. The molecule has 0 unspecified atom stereocenters. The van der Waals surface area contributed by atoms with Crippen molar-refractivity contribution in [2.24, 2.45) is 0 Å². The molecule has 5 nitrogen and oxygen atoms in total. The van der Waals surface area contributed by atoms with E-state index in [1.54, 1.807) is 42.5 Å². The maximum Gasteiger partial charge on any atom is 0.307 e. The molecule has 0 radical (unpaired) electrons. The van der Waals surface area contributed by atoms with Gasteiger partial charge in [-0.05, 0) is 23.8 Å². The van der Waals surface area contributed by atoms with Gasteiger partial charge in [-0.1, -0.05) is 18.2 Å².